The fourth-order valence-corrected chi connectivity index (χ4v) is 1.59. The standard InChI is InChI=1S/C10H18N2O4/c1-12(5-7-3-2-4-7)10(16)11-8(6-13)9(14)15/h7-8,13H,2-6H2,1H3,(H,11,16)(H,14,15)/t8-/m0/s1. The highest BCUT2D eigenvalue weighted by atomic mass is 16.4. The number of rotatable bonds is 5. The van der Waals surface area contributed by atoms with E-state index in [9.17, 15) is 9.59 Å². The molecule has 3 N–H and O–H groups in total. The Bertz CT molecular complexity index is 266. The number of nitrogens with zero attached hydrogens (tertiary/aromatic N) is 1. The molecule has 0 bridgehead atoms. The second kappa shape index (κ2) is 5.69. The van der Waals surface area contributed by atoms with Gasteiger partial charge in [-0.05, 0) is 18.8 Å². The zero-order valence-corrected chi connectivity index (χ0v) is 9.35. The van der Waals surface area contributed by atoms with E-state index in [2.05, 4.69) is 5.32 Å². The fourth-order valence-electron chi connectivity index (χ4n) is 1.59. The van der Waals surface area contributed by atoms with E-state index in [1.165, 1.54) is 11.3 Å². The molecule has 0 heterocycles. The monoisotopic (exact) mass is 230 g/mol. The number of hydrogen-bond acceptors (Lipinski definition) is 3. The van der Waals surface area contributed by atoms with Gasteiger partial charge in [-0.1, -0.05) is 6.42 Å². The van der Waals surface area contributed by atoms with Crippen LogP contribution < -0.4 is 5.32 Å². The third-order valence-electron chi connectivity index (χ3n) is 2.88. The minimum atomic E-state index is -1.23. The van der Waals surface area contributed by atoms with E-state index in [0.29, 0.717) is 12.5 Å². The van der Waals surface area contributed by atoms with Gasteiger partial charge in [-0.3, -0.25) is 0 Å². The maximum absolute atomic E-state index is 11.5. The van der Waals surface area contributed by atoms with Crippen molar-refractivity contribution < 1.29 is 19.8 Å². The molecule has 0 spiro atoms. The van der Waals surface area contributed by atoms with Crippen LogP contribution in [-0.2, 0) is 4.79 Å². The summed E-state index contributed by atoms with van der Waals surface area (Å²) in [6.45, 7) is 0.0436. The number of urea groups is 1. The lowest BCUT2D eigenvalue weighted by Crippen LogP contribution is -2.49. The van der Waals surface area contributed by atoms with Gasteiger partial charge in [-0.25, -0.2) is 9.59 Å². The molecule has 0 aromatic rings. The van der Waals surface area contributed by atoms with Gasteiger partial charge >= 0.3 is 12.0 Å². The molecule has 0 unspecified atom stereocenters. The maximum atomic E-state index is 11.5. The normalized spacial score (nSPS) is 17.4. The third-order valence-corrected chi connectivity index (χ3v) is 2.88. The number of carboxylic acid groups (broad SMARTS) is 1. The highest BCUT2D eigenvalue weighted by Gasteiger charge is 2.24. The number of aliphatic hydroxyl groups excluding tert-OH is 1. The second-order valence-corrected chi connectivity index (χ2v) is 4.20. The zero-order valence-electron chi connectivity index (χ0n) is 9.35. The Hall–Kier alpha value is -1.30. The van der Waals surface area contributed by atoms with Crippen LogP contribution in [0.3, 0.4) is 0 Å². The number of nitrogens with one attached hydrogen (secondary N) is 1. The molecule has 2 amide bonds. The molecular weight excluding hydrogens is 212 g/mol. The average Bonchev–Trinajstić information content (AvgIpc) is 2.18. The van der Waals surface area contributed by atoms with Crippen molar-refractivity contribution in [3.63, 3.8) is 0 Å². The van der Waals surface area contributed by atoms with E-state index in [-0.39, 0.29) is 0 Å². The van der Waals surface area contributed by atoms with Crippen molar-refractivity contribution in [2.45, 2.75) is 25.3 Å². The van der Waals surface area contributed by atoms with Crippen LogP contribution in [0.4, 0.5) is 4.79 Å². The van der Waals surface area contributed by atoms with Gasteiger partial charge in [-0.15, -0.1) is 0 Å². The van der Waals surface area contributed by atoms with Crippen LogP contribution in [0.1, 0.15) is 19.3 Å². The van der Waals surface area contributed by atoms with Crippen LogP contribution in [0, 0.1) is 5.92 Å². The van der Waals surface area contributed by atoms with Gasteiger partial charge in [0.2, 0.25) is 0 Å². The summed E-state index contributed by atoms with van der Waals surface area (Å²) in [4.78, 5) is 23.6. The molecule has 1 saturated carbocycles. The molecular formula is C10H18N2O4. The first-order chi connectivity index (χ1) is 7.54. The molecule has 92 valence electrons. The van der Waals surface area contributed by atoms with E-state index in [1.54, 1.807) is 7.05 Å². The van der Waals surface area contributed by atoms with Crippen LogP contribution in [0.25, 0.3) is 0 Å². The van der Waals surface area contributed by atoms with Crippen LogP contribution in [0.2, 0.25) is 0 Å². The number of carboxylic acids is 1. The first-order valence-electron chi connectivity index (χ1n) is 5.40. The summed E-state index contributed by atoms with van der Waals surface area (Å²) in [5, 5.41) is 19.7. The molecule has 1 fully saturated rings. The number of aliphatic hydroxyl groups is 1. The van der Waals surface area contributed by atoms with Crippen LogP contribution in [0.5, 0.6) is 0 Å². The maximum Gasteiger partial charge on any atom is 0.328 e. The summed E-state index contributed by atoms with van der Waals surface area (Å²) in [7, 11) is 1.63. The van der Waals surface area contributed by atoms with Crippen molar-refractivity contribution in [3.05, 3.63) is 0 Å². The molecule has 1 atom stereocenters. The second-order valence-electron chi connectivity index (χ2n) is 4.20. The zero-order chi connectivity index (χ0) is 12.1. The lowest BCUT2D eigenvalue weighted by Gasteiger charge is -2.30. The van der Waals surface area contributed by atoms with E-state index in [0.717, 1.165) is 12.8 Å². The van der Waals surface area contributed by atoms with Crippen LogP contribution >= 0.6 is 0 Å². The Morgan fingerprint density at radius 3 is 2.50 bits per heavy atom. The Morgan fingerprint density at radius 1 is 1.50 bits per heavy atom. The van der Waals surface area contributed by atoms with Gasteiger partial charge in [0.25, 0.3) is 0 Å². The van der Waals surface area contributed by atoms with Gasteiger partial charge < -0.3 is 20.4 Å². The summed E-state index contributed by atoms with van der Waals surface area (Å²) in [6, 6.07) is -1.68. The van der Waals surface area contributed by atoms with E-state index in [4.69, 9.17) is 10.2 Å². The van der Waals surface area contributed by atoms with Crippen molar-refractivity contribution in [1.82, 2.24) is 10.2 Å². The molecule has 1 aliphatic carbocycles. The molecule has 1 aliphatic rings. The van der Waals surface area contributed by atoms with Gasteiger partial charge in [0.15, 0.2) is 6.04 Å². The Balaban J connectivity index is 2.34. The first kappa shape index (κ1) is 12.8. The van der Waals surface area contributed by atoms with E-state index >= 15 is 0 Å². The number of hydrogen-bond donors (Lipinski definition) is 3. The largest absolute Gasteiger partial charge is 0.480 e. The highest BCUT2D eigenvalue weighted by molar-refractivity contribution is 5.82. The van der Waals surface area contributed by atoms with Crippen molar-refractivity contribution >= 4 is 12.0 Å². The summed E-state index contributed by atoms with van der Waals surface area (Å²) in [6.07, 6.45) is 3.45. The number of aliphatic carboxylic acids is 1. The lowest BCUT2D eigenvalue weighted by atomic mass is 9.85. The molecule has 0 aromatic carbocycles. The summed E-state index contributed by atoms with van der Waals surface area (Å²) >= 11 is 0. The molecule has 6 heteroatoms. The number of amides is 2. The van der Waals surface area contributed by atoms with Gasteiger partial charge in [0, 0.05) is 13.6 Å². The van der Waals surface area contributed by atoms with Gasteiger partial charge in [0.05, 0.1) is 6.61 Å². The van der Waals surface area contributed by atoms with E-state index in [1.807, 2.05) is 0 Å². The Kier molecular flexibility index (Phi) is 4.54. The smallest absolute Gasteiger partial charge is 0.328 e. The topological polar surface area (TPSA) is 89.9 Å². The summed E-state index contributed by atoms with van der Waals surface area (Å²) in [5.74, 6) is -0.693. The molecule has 0 radical (unpaired) electrons. The average molecular weight is 230 g/mol. The summed E-state index contributed by atoms with van der Waals surface area (Å²) in [5.41, 5.74) is 0. The molecule has 0 aromatic heterocycles. The molecule has 0 saturated heterocycles. The summed E-state index contributed by atoms with van der Waals surface area (Å²) < 4.78 is 0. The first-order valence-corrected chi connectivity index (χ1v) is 5.40. The van der Waals surface area contributed by atoms with Gasteiger partial charge in [-0.2, -0.15) is 0 Å². The molecule has 0 aliphatic heterocycles. The van der Waals surface area contributed by atoms with Crippen LogP contribution in [-0.4, -0.2) is 53.4 Å². The minimum Gasteiger partial charge on any atom is -0.480 e. The minimum absolute atomic E-state index is 0.451. The van der Waals surface area contributed by atoms with Crippen molar-refractivity contribution in [3.8, 4) is 0 Å². The van der Waals surface area contributed by atoms with Gasteiger partial charge in [0.1, 0.15) is 0 Å². The SMILES string of the molecule is CN(CC1CCC1)C(=O)N[C@@H](CO)C(=O)O. The quantitative estimate of drug-likeness (QED) is 0.614. The molecule has 6 nitrogen and oxygen atoms in total. The number of carbonyl (C=O) groups is 2. The molecule has 16 heavy (non-hydrogen) atoms. The lowest BCUT2D eigenvalue weighted by molar-refractivity contribution is -0.140. The predicted octanol–water partition coefficient (Wildman–Crippen LogP) is -0.127. The fraction of sp³-hybridized carbons (Fsp3) is 0.800. The molecule has 1 rings (SSSR count). The highest BCUT2D eigenvalue weighted by Crippen LogP contribution is 2.26. The third kappa shape index (κ3) is 3.37. The Morgan fingerprint density at radius 2 is 2.12 bits per heavy atom. The Labute approximate surface area is 94.2 Å². The van der Waals surface area contributed by atoms with Crippen LogP contribution in [0.15, 0.2) is 0 Å². The van der Waals surface area contributed by atoms with Crippen molar-refractivity contribution in [2.75, 3.05) is 20.2 Å². The van der Waals surface area contributed by atoms with Crippen molar-refractivity contribution in [2.24, 2.45) is 5.92 Å². The van der Waals surface area contributed by atoms with Crippen molar-refractivity contribution in [1.29, 1.82) is 0 Å². The predicted molar refractivity (Wildman–Crippen MR) is 57.0 cm³/mol. The number of carbonyl (C=O) groups excluding carboxylic acids is 1. The van der Waals surface area contributed by atoms with E-state index < -0.39 is 24.6 Å².